The Balaban J connectivity index is 1.46. The first-order valence-electron chi connectivity index (χ1n) is 12.4. The highest BCUT2D eigenvalue weighted by Crippen LogP contribution is 2.32. The monoisotopic (exact) mass is 626 g/mol. The SMILES string of the molecule is Cc1ccc(/C=N/N(C(=O)c2ccc(S(=O)(=O)N3CC(C)OC(C)C3)cc2)c2nc3ccc(Br)cc3s2)cc1. The van der Waals surface area contributed by atoms with Gasteiger partial charge in [0.1, 0.15) is 0 Å². The Morgan fingerprint density at radius 2 is 1.74 bits per heavy atom. The smallest absolute Gasteiger partial charge is 0.280 e. The summed E-state index contributed by atoms with van der Waals surface area (Å²) in [6.07, 6.45) is 1.22. The number of carbonyl (C=O) groups excluding carboxylic acids is 1. The molecule has 1 fully saturated rings. The minimum Gasteiger partial charge on any atom is -0.373 e. The lowest BCUT2D eigenvalue weighted by Crippen LogP contribution is -2.48. The quantitative estimate of drug-likeness (QED) is 0.198. The van der Waals surface area contributed by atoms with Crippen LogP contribution in [0, 0.1) is 6.92 Å². The van der Waals surface area contributed by atoms with Gasteiger partial charge in [-0.3, -0.25) is 4.79 Å². The Labute approximate surface area is 240 Å². The van der Waals surface area contributed by atoms with Gasteiger partial charge in [0, 0.05) is 23.1 Å². The zero-order valence-corrected chi connectivity index (χ0v) is 24.8. The van der Waals surface area contributed by atoms with Crippen LogP contribution in [-0.2, 0) is 14.8 Å². The summed E-state index contributed by atoms with van der Waals surface area (Å²) in [6.45, 7) is 6.27. The minimum atomic E-state index is -3.73. The number of hydrazone groups is 1. The minimum absolute atomic E-state index is 0.125. The number of amides is 1. The second-order valence-corrected chi connectivity index (χ2v) is 13.3. The molecular formula is C28H27BrN4O4S2. The van der Waals surface area contributed by atoms with Gasteiger partial charge in [0.05, 0.1) is 33.5 Å². The lowest BCUT2D eigenvalue weighted by atomic mass is 10.2. The molecule has 3 aromatic carbocycles. The van der Waals surface area contributed by atoms with Gasteiger partial charge >= 0.3 is 0 Å². The average molecular weight is 628 g/mol. The third-order valence-electron chi connectivity index (χ3n) is 6.24. The number of benzene rings is 3. The summed E-state index contributed by atoms with van der Waals surface area (Å²) in [5.41, 5.74) is 2.99. The number of nitrogens with zero attached hydrogens (tertiary/aromatic N) is 4. The van der Waals surface area contributed by atoms with Gasteiger partial charge in [0.15, 0.2) is 0 Å². The second kappa shape index (κ2) is 11.3. The zero-order chi connectivity index (χ0) is 27.7. The molecule has 1 aromatic heterocycles. The summed E-state index contributed by atoms with van der Waals surface area (Å²) in [5, 5.41) is 6.17. The number of morpholine rings is 1. The fraction of sp³-hybridized carbons (Fsp3) is 0.250. The van der Waals surface area contributed by atoms with Crippen molar-refractivity contribution in [1.82, 2.24) is 9.29 Å². The van der Waals surface area contributed by atoms with E-state index in [0.717, 1.165) is 25.8 Å². The highest BCUT2D eigenvalue weighted by Gasteiger charge is 2.32. The zero-order valence-electron chi connectivity index (χ0n) is 21.6. The molecule has 202 valence electrons. The van der Waals surface area contributed by atoms with Crippen molar-refractivity contribution in [3.63, 3.8) is 0 Å². The number of sulfonamides is 1. The fourth-order valence-corrected chi connectivity index (χ4v) is 7.37. The Hall–Kier alpha value is -2.96. The first-order chi connectivity index (χ1) is 18.6. The van der Waals surface area contributed by atoms with Crippen LogP contribution in [0.1, 0.15) is 35.3 Å². The van der Waals surface area contributed by atoms with E-state index in [-0.39, 0.29) is 30.2 Å². The Bertz CT molecular complexity index is 1630. The molecule has 4 aromatic rings. The number of aromatic nitrogens is 1. The molecule has 2 atom stereocenters. The van der Waals surface area contributed by atoms with Gasteiger partial charge in [-0.1, -0.05) is 57.1 Å². The summed E-state index contributed by atoms with van der Waals surface area (Å²) in [4.78, 5) is 18.5. The summed E-state index contributed by atoms with van der Waals surface area (Å²) >= 11 is 4.82. The van der Waals surface area contributed by atoms with Crippen LogP contribution < -0.4 is 5.01 Å². The van der Waals surface area contributed by atoms with Gasteiger partial charge in [0.2, 0.25) is 15.2 Å². The van der Waals surface area contributed by atoms with Crippen molar-refractivity contribution < 1.29 is 17.9 Å². The van der Waals surface area contributed by atoms with Crippen molar-refractivity contribution in [1.29, 1.82) is 0 Å². The van der Waals surface area contributed by atoms with Crippen LogP contribution in [0.15, 0.2) is 81.2 Å². The van der Waals surface area contributed by atoms with E-state index < -0.39 is 15.9 Å². The third kappa shape index (κ3) is 6.12. The normalized spacial score (nSPS) is 18.6. The van der Waals surface area contributed by atoms with Gasteiger partial charge in [-0.25, -0.2) is 13.4 Å². The van der Waals surface area contributed by atoms with Gasteiger partial charge in [-0.2, -0.15) is 14.4 Å². The molecule has 0 aliphatic carbocycles. The number of thiazole rings is 1. The lowest BCUT2D eigenvalue weighted by Gasteiger charge is -2.34. The van der Waals surface area contributed by atoms with Crippen LogP contribution in [0.25, 0.3) is 10.2 Å². The molecule has 39 heavy (non-hydrogen) atoms. The largest absolute Gasteiger partial charge is 0.373 e. The molecule has 5 rings (SSSR count). The van der Waals surface area contributed by atoms with E-state index in [9.17, 15) is 13.2 Å². The summed E-state index contributed by atoms with van der Waals surface area (Å²) in [6, 6.07) is 19.4. The molecule has 11 heteroatoms. The van der Waals surface area contributed by atoms with Crippen molar-refractivity contribution in [2.75, 3.05) is 18.1 Å². The van der Waals surface area contributed by atoms with Crippen molar-refractivity contribution in [2.45, 2.75) is 37.9 Å². The molecule has 0 bridgehead atoms. The Kier molecular flexibility index (Phi) is 7.97. The van der Waals surface area contributed by atoms with Crippen molar-refractivity contribution in [3.8, 4) is 0 Å². The van der Waals surface area contributed by atoms with Crippen LogP contribution in [0.2, 0.25) is 0 Å². The van der Waals surface area contributed by atoms with Gasteiger partial charge < -0.3 is 4.74 Å². The number of hydrogen-bond donors (Lipinski definition) is 0. The molecule has 0 spiro atoms. The maximum Gasteiger partial charge on any atom is 0.280 e. The van der Waals surface area contributed by atoms with Crippen molar-refractivity contribution in [2.24, 2.45) is 5.10 Å². The number of carbonyl (C=O) groups is 1. The van der Waals surface area contributed by atoms with E-state index in [1.54, 1.807) is 6.21 Å². The molecule has 0 saturated carbocycles. The molecule has 1 aliphatic rings. The topological polar surface area (TPSA) is 92.2 Å². The van der Waals surface area contributed by atoms with Crippen LogP contribution in [0.3, 0.4) is 0 Å². The van der Waals surface area contributed by atoms with E-state index in [2.05, 4.69) is 26.0 Å². The molecule has 1 amide bonds. The number of anilines is 1. The standard InChI is InChI=1S/C28H27BrN4O4S2/c1-18-4-6-21(7-5-18)15-30-33(28-31-25-13-10-23(29)14-26(25)38-28)27(34)22-8-11-24(12-9-22)39(35,36)32-16-19(2)37-20(3)17-32/h4-15,19-20H,16-17H2,1-3H3/b30-15+. The Morgan fingerprint density at radius 1 is 1.08 bits per heavy atom. The summed E-state index contributed by atoms with van der Waals surface area (Å²) in [7, 11) is -3.73. The van der Waals surface area contributed by atoms with E-state index in [1.165, 1.54) is 44.9 Å². The van der Waals surface area contributed by atoms with Crippen molar-refractivity contribution in [3.05, 3.63) is 87.9 Å². The number of hydrogen-bond acceptors (Lipinski definition) is 7. The van der Waals surface area contributed by atoms with E-state index in [4.69, 9.17) is 4.74 Å². The number of halogens is 1. The molecule has 1 aliphatic heterocycles. The van der Waals surface area contributed by atoms with Gasteiger partial charge in [0.25, 0.3) is 5.91 Å². The summed E-state index contributed by atoms with van der Waals surface area (Å²) < 4.78 is 35.4. The maximum atomic E-state index is 13.7. The van der Waals surface area contributed by atoms with E-state index in [0.29, 0.717) is 10.7 Å². The fourth-order valence-electron chi connectivity index (χ4n) is 4.31. The average Bonchev–Trinajstić information content (AvgIpc) is 3.32. The summed E-state index contributed by atoms with van der Waals surface area (Å²) in [5.74, 6) is -0.422. The van der Waals surface area contributed by atoms with Crippen LogP contribution in [0.4, 0.5) is 5.13 Å². The lowest BCUT2D eigenvalue weighted by molar-refractivity contribution is -0.0440. The first-order valence-corrected chi connectivity index (χ1v) is 15.4. The predicted molar refractivity (Wildman–Crippen MR) is 158 cm³/mol. The van der Waals surface area contributed by atoms with E-state index >= 15 is 0 Å². The molecule has 8 nitrogen and oxygen atoms in total. The van der Waals surface area contributed by atoms with Crippen molar-refractivity contribution >= 4 is 64.8 Å². The molecule has 0 N–H and O–H groups in total. The molecule has 2 heterocycles. The van der Waals surface area contributed by atoms with Gasteiger partial charge in [-0.15, -0.1) is 0 Å². The highest BCUT2D eigenvalue weighted by atomic mass is 79.9. The number of ether oxygens (including phenoxy) is 1. The first kappa shape index (κ1) is 27.6. The van der Waals surface area contributed by atoms with Crippen LogP contribution in [0.5, 0.6) is 0 Å². The predicted octanol–water partition coefficient (Wildman–Crippen LogP) is 5.85. The second-order valence-electron chi connectivity index (χ2n) is 9.48. The molecule has 1 saturated heterocycles. The van der Waals surface area contributed by atoms with Crippen LogP contribution >= 0.6 is 27.3 Å². The third-order valence-corrected chi connectivity index (χ3v) is 9.57. The molecule has 0 radical (unpaired) electrons. The Morgan fingerprint density at radius 3 is 2.41 bits per heavy atom. The highest BCUT2D eigenvalue weighted by molar-refractivity contribution is 9.10. The number of aryl methyl sites for hydroxylation is 1. The van der Waals surface area contributed by atoms with Crippen LogP contribution in [-0.4, -0.2) is 55.1 Å². The van der Waals surface area contributed by atoms with E-state index in [1.807, 2.05) is 63.2 Å². The van der Waals surface area contributed by atoms with Gasteiger partial charge in [-0.05, 0) is 68.8 Å². The molecule has 2 unspecified atom stereocenters. The number of fused-ring (bicyclic) bond motifs is 1. The number of rotatable bonds is 6. The maximum absolute atomic E-state index is 13.7. The molecular weight excluding hydrogens is 600 g/mol.